The molecule has 0 amide bonds. The van der Waals surface area contributed by atoms with Crippen LogP contribution in [0.1, 0.15) is 25.7 Å². The molecule has 1 aromatic carbocycles. The normalized spacial score (nSPS) is 23.5. The van der Waals surface area contributed by atoms with Gasteiger partial charge in [0.15, 0.2) is 0 Å². The van der Waals surface area contributed by atoms with Crippen LogP contribution < -0.4 is 15.4 Å². The Morgan fingerprint density at radius 2 is 2.16 bits per heavy atom. The average Bonchev–Trinajstić information content (AvgIpc) is 3.21. The number of halogens is 1. The minimum absolute atomic E-state index is 0.174. The maximum Gasteiger partial charge on any atom is 0.142 e. The predicted molar refractivity (Wildman–Crippen MR) is 74.0 cm³/mol. The Kier molecular flexibility index (Phi) is 3.60. The van der Waals surface area contributed by atoms with Gasteiger partial charge in [0.25, 0.3) is 0 Å². The molecule has 0 spiro atoms. The molecular weight excluding hydrogens is 243 g/mol. The van der Waals surface area contributed by atoms with Crippen LogP contribution >= 0.6 is 0 Å². The van der Waals surface area contributed by atoms with Crippen molar-refractivity contribution < 1.29 is 9.13 Å². The van der Waals surface area contributed by atoms with Crippen LogP contribution in [0, 0.1) is 11.7 Å². The zero-order chi connectivity index (χ0) is 13.2. The number of benzene rings is 1. The summed E-state index contributed by atoms with van der Waals surface area (Å²) in [4.78, 5) is 2.15. The van der Waals surface area contributed by atoms with Gasteiger partial charge < -0.3 is 15.4 Å². The topological polar surface area (TPSA) is 38.5 Å². The molecule has 2 aliphatic rings. The van der Waals surface area contributed by atoms with Crippen molar-refractivity contribution in [2.75, 3.05) is 24.6 Å². The van der Waals surface area contributed by atoms with E-state index in [0.717, 1.165) is 44.0 Å². The maximum atomic E-state index is 13.5. The van der Waals surface area contributed by atoms with Gasteiger partial charge in [0.1, 0.15) is 11.6 Å². The Balaban J connectivity index is 1.77. The molecule has 1 atom stereocenters. The summed E-state index contributed by atoms with van der Waals surface area (Å²) in [7, 11) is 0. The summed E-state index contributed by atoms with van der Waals surface area (Å²) in [5.41, 5.74) is 6.86. The van der Waals surface area contributed by atoms with Gasteiger partial charge in [-0.15, -0.1) is 0 Å². The van der Waals surface area contributed by atoms with E-state index < -0.39 is 0 Å². The summed E-state index contributed by atoms with van der Waals surface area (Å²) in [6, 6.07) is 4.96. The zero-order valence-corrected chi connectivity index (χ0v) is 11.1. The molecule has 1 heterocycles. The zero-order valence-electron chi connectivity index (χ0n) is 11.1. The molecule has 19 heavy (non-hydrogen) atoms. The van der Waals surface area contributed by atoms with E-state index >= 15 is 0 Å². The lowest BCUT2D eigenvalue weighted by molar-refractivity contribution is 0.299. The molecule has 2 fully saturated rings. The summed E-state index contributed by atoms with van der Waals surface area (Å²) < 4.78 is 19.4. The fourth-order valence-electron chi connectivity index (χ4n) is 2.58. The fraction of sp³-hybridized carbons (Fsp3) is 0.600. The molecule has 104 valence electrons. The Bertz CT molecular complexity index is 448. The van der Waals surface area contributed by atoms with E-state index in [-0.39, 0.29) is 11.9 Å². The van der Waals surface area contributed by atoms with Crippen molar-refractivity contribution in [1.29, 1.82) is 0 Å². The number of nitrogens with zero attached hydrogens (tertiary/aromatic N) is 1. The molecule has 3 rings (SSSR count). The summed E-state index contributed by atoms with van der Waals surface area (Å²) >= 11 is 0. The van der Waals surface area contributed by atoms with Gasteiger partial charge in [-0.25, -0.2) is 4.39 Å². The van der Waals surface area contributed by atoms with Crippen LogP contribution in [0.2, 0.25) is 0 Å². The molecule has 1 saturated carbocycles. The van der Waals surface area contributed by atoms with Crippen molar-refractivity contribution >= 4 is 5.69 Å². The van der Waals surface area contributed by atoms with Gasteiger partial charge in [-0.1, -0.05) is 0 Å². The number of hydrogen-bond acceptors (Lipinski definition) is 3. The van der Waals surface area contributed by atoms with Gasteiger partial charge in [0, 0.05) is 25.2 Å². The van der Waals surface area contributed by atoms with Crippen molar-refractivity contribution in [3.8, 4) is 5.75 Å². The van der Waals surface area contributed by atoms with Crippen LogP contribution in [0.25, 0.3) is 0 Å². The minimum Gasteiger partial charge on any atom is -0.491 e. The number of anilines is 1. The van der Waals surface area contributed by atoms with Crippen LogP contribution in [-0.2, 0) is 0 Å². The Morgan fingerprint density at radius 3 is 2.89 bits per heavy atom. The lowest BCUT2D eigenvalue weighted by Gasteiger charge is -2.33. The lowest BCUT2D eigenvalue weighted by Crippen LogP contribution is -2.43. The second kappa shape index (κ2) is 5.37. The van der Waals surface area contributed by atoms with Crippen molar-refractivity contribution in [1.82, 2.24) is 0 Å². The van der Waals surface area contributed by atoms with Crippen LogP contribution in [0.3, 0.4) is 0 Å². The fourth-order valence-corrected chi connectivity index (χ4v) is 2.58. The first-order valence-electron chi connectivity index (χ1n) is 7.15. The lowest BCUT2D eigenvalue weighted by atomic mass is 10.1. The first kappa shape index (κ1) is 12.7. The van der Waals surface area contributed by atoms with Gasteiger partial charge in [0.05, 0.1) is 12.3 Å². The van der Waals surface area contributed by atoms with Gasteiger partial charge in [-0.05, 0) is 43.7 Å². The van der Waals surface area contributed by atoms with E-state index in [2.05, 4.69) is 4.90 Å². The highest BCUT2D eigenvalue weighted by Gasteiger charge is 2.24. The number of rotatable bonds is 4. The third kappa shape index (κ3) is 3.18. The minimum atomic E-state index is -0.215. The number of piperidine rings is 1. The van der Waals surface area contributed by atoms with Gasteiger partial charge >= 0.3 is 0 Å². The number of ether oxygens (including phenoxy) is 1. The van der Waals surface area contributed by atoms with Crippen molar-refractivity contribution in [2.45, 2.75) is 31.7 Å². The Morgan fingerprint density at radius 1 is 1.32 bits per heavy atom. The quantitative estimate of drug-likeness (QED) is 0.908. The largest absolute Gasteiger partial charge is 0.491 e. The highest BCUT2D eigenvalue weighted by molar-refractivity contribution is 5.59. The molecule has 1 saturated heterocycles. The molecule has 0 radical (unpaired) electrons. The molecule has 4 heteroatoms. The highest BCUT2D eigenvalue weighted by atomic mass is 19.1. The maximum absolute atomic E-state index is 13.5. The Hall–Kier alpha value is -1.29. The van der Waals surface area contributed by atoms with E-state index in [0.29, 0.717) is 5.92 Å². The van der Waals surface area contributed by atoms with E-state index in [1.165, 1.54) is 18.9 Å². The molecule has 0 aromatic heterocycles. The molecule has 1 aromatic rings. The van der Waals surface area contributed by atoms with E-state index in [1.54, 1.807) is 12.1 Å². The third-order valence-corrected chi connectivity index (χ3v) is 3.89. The van der Waals surface area contributed by atoms with Gasteiger partial charge in [-0.2, -0.15) is 0 Å². The van der Waals surface area contributed by atoms with Crippen LogP contribution in [0.5, 0.6) is 5.75 Å². The molecule has 3 nitrogen and oxygen atoms in total. The molecule has 1 unspecified atom stereocenters. The van der Waals surface area contributed by atoms with Crippen molar-refractivity contribution in [2.24, 2.45) is 11.7 Å². The first-order chi connectivity index (χ1) is 9.22. The second-order valence-corrected chi connectivity index (χ2v) is 5.71. The van der Waals surface area contributed by atoms with Gasteiger partial charge in [-0.3, -0.25) is 0 Å². The van der Waals surface area contributed by atoms with Crippen LogP contribution in [0.15, 0.2) is 18.2 Å². The van der Waals surface area contributed by atoms with E-state index in [1.807, 2.05) is 0 Å². The molecule has 1 aliphatic heterocycles. The standard InChI is InChI=1S/C15H21FN2O/c16-12-5-6-15(19-10-11-3-4-11)14(8-12)18-7-1-2-13(17)9-18/h5-6,8,11,13H,1-4,7,9-10,17H2. The SMILES string of the molecule is NC1CCCN(c2cc(F)ccc2OCC2CC2)C1. The van der Waals surface area contributed by atoms with E-state index in [4.69, 9.17) is 10.5 Å². The highest BCUT2D eigenvalue weighted by Crippen LogP contribution is 2.34. The number of nitrogens with two attached hydrogens (primary N) is 1. The van der Waals surface area contributed by atoms with Gasteiger partial charge in [0.2, 0.25) is 0 Å². The summed E-state index contributed by atoms with van der Waals surface area (Å²) in [6.45, 7) is 2.46. The molecular formula is C15H21FN2O. The Labute approximate surface area is 113 Å². The summed E-state index contributed by atoms with van der Waals surface area (Å²) in [5, 5.41) is 0. The molecule has 2 N–H and O–H groups in total. The van der Waals surface area contributed by atoms with Crippen molar-refractivity contribution in [3.63, 3.8) is 0 Å². The summed E-state index contributed by atoms with van der Waals surface area (Å²) in [5.74, 6) is 1.27. The smallest absolute Gasteiger partial charge is 0.142 e. The first-order valence-corrected chi connectivity index (χ1v) is 7.15. The van der Waals surface area contributed by atoms with E-state index in [9.17, 15) is 4.39 Å². The number of hydrogen-bond donors (Lipinski definition) is 1. The summed E-state index contributed by atoms with van der Waals surface area (Å²) in [6.07, 6.45) is 4.61. The van der Waals surface area contributed by atoms with Crippen LogP contribution in [0.4, 0.5) is 10.1 Å². The van der Waals surface area contributed by atoms with Crippen LogP contribution in [-0.4, -0.2) is 25.7 Å². The average molecular weight is 264 g/mol. The molecule has 1 aliphatic carbocycles. The second-order valence-electron chi connectivity index (χ2n) is 5.71. The third-order valence-electron chi connectivity index (χ3n) is 3.89. The van der Waals surface area contributed by atoms with Crippen molar-refractivity contribution in [3.05, 3.63) is 24.0 Å². The predicted octanol–water partition coefficient (Wildman–Crippen LogP) is 2.54. The molecule has 0 bridgehead atoms. The monoisotopic (exact) mass is 264 g/mol.